The van der Waals surface area contributed by atoms with E-state index in [0.717, 1.165) is 4.88 Å². The lowest BCUT2D eigenvalue weighted by Gasteiger charge is -2.10. The Morgan fingerprint density at radius 2 is 2.24 bits per heavy atom. The van der Waals surface area contributed by atoms with Crippen LogP contribution in [0.5, 0.6) is 11.5 Å². The van der Waals surface area contributed by atoms with Gasteiger partial charge in [-0.1, -0.05) is 17.8 Å². The number of carbonyl (C=O) groups is 1. The Morgan fingerprint density at radius 3 is 3.08 bits per heavy atom. The molecule has 0 saturated heterocycles. The summed E-state index contributed by atoms with van der Waals surface area (Å²) in [5.41, 5.74) is 0.663. The van der Waals surface area contributed by atoms with Crippen LogP contribution < -0.4 is 14.8 Å². The fourth-order valence-corrected chi connectivity index (χ4v) is 3.64. The first-order valence-corrected chi connectivity index (χ1v) is 9.28. The third-order valence-corrected chi connectivity index (χ3v) is 5.35. The minimum Gasteiger partial charge on any atom is -0.454 e. The summed E-state index contributed by atoms with van der Waals surface area (Å²) in [7, 11) is 0. The summed E-state index contributed by atoms with van der Waals surface area (Å²) in [6, 6.07) is 9.23. The average Bonchev–Trinajstić information content (AvgIpc) is 3.35. The highest BCUT2D eigenvalue weighted by Gasteiger charge is 2.19. The smallest absolute Gasteiger partial charge is 0.237 e. The summed E-state index contributed by atoms with van der Waals surface area (Å²) < 4.78 is 10.6. The number of thiophene rings is 1. The molecule has 1 aliphatic rings. The van der Waals surface area contributed by atoms with Gasteiger partial charge in [-0.15, -0.1) is 16.4 Å². The van der Waals surface area contributed by atoms with E-state index in [1.54, 1.807) is 29.5 Å². The molecule has 0 radical (unpaired) electrons. The first kappa shape index (κ1) is 16.0. The van der Waals surface area contributed by atoms with Gasteiger partial charge in [0.2, 0.25) is 17.9 Å². The van der Waals surface area contributed by atoms with Crippen LogP contribution in [0.2, 0.25) is 0 Å². The average molecular weight is 374 g/mol. The SMILES string of the molecule is C[C@H](Sc1n[nH]c(-c2cccs2)n1)C(=O)Nc1ccc2c(c1)OCO2. The van der Waals surface area contributed by atoms with Crippen molar-refractivity contribution >= 4 is 34.7 Å². The highest BCUT2D eigenvalue weighted by atomic mass is 32.2. The molecule has 2 aromatic heterocycles. The second-order valence-corrected chi connectivity index (χ2v) is 7.52. The fraction of sp³-hybridized carbons (Fsp3) is 0.188. The number of nitrogens with zero attached hydrogens (tertiary/aromatic N) is 2. The summed E-state index contributed by atoms with van der Waals surface area (Å²) in [5, 5.41) is 12.1. The number of rotatable bonds is 5. The highest BCUT2D eigenvalue weighted by Crippen LogP contribution is 2.34. The van der Waals surface area contributed by atoms with Gasteiger partial charge in [-0.2, -0.15) is 0 Å². The number of aromatic nitrogens is 3. The number of hydrogen-bond acceptors (Lipinski definition) is 7. The first-order valence-electron chi connectivity index (χ1n) is 7.52. The Hall–Kier alpha value is -2.52. The lowest BCUT2D eigenvalue weighted by atomic mass is 10.2. The molecule has 1 aliphatic heterocycles. The molecule has 7 nitrogen and oxygen atoms in total. The van der Waals surface area contributed by atoms with Crippen molar-refractivity contribution in [3.63, 3.8) is 0 Å². The van der Waals surface area contributed by atoms with Gasteiger partial charge < -0.3 is 14.8 Å². The van der Waals surface area contributed by atoms with Crippen LogP contribution in [0.3, 0.4) is 0 Å². The Morgan fingerprint density at radius 1 is 1.36 bits per heavy atom. The molecule has 9 heteroatoms. The Bertz CT molecular complexity index is 895. The number of benzene rings is 1. The van der Waals surface area contributed by atoms with Gasteiger partial charge in [-0.05, 0) is 30.5 Å². The first-order chi connectivity index (χ1) is 12.2. The van der Waals surface area contributed by atoms with Gasteiger partial charge in [0.05, 0.1) is 10.1 Å². The molecular weight excluding hydrogens is 360 g/mol. The standard InChI is InChI=1S/C16H14N4O3S2/c1-9(25-16-18-14(19-20-16)13-3-2-6-24-13)15(21)17-10-4-5-11-12(7-10)23-8-22-11/h2-7,9H,8H2,1H3,(H,17,21)(H,18,19,20)/t9-/m0/s1. The van der Waals surface area contributed by atoms with Crippen LogP contribution in [0, 0.1) is 0 Å². The van der Waals surface area contributed by atoms with Crippen LogP contribution >= 0.6 is 23.1 Å². The van der Waals surface area contributed by atoms with Crippen molar-refractivity contribution in [3.8, 4) is 22.2 Å². The molecule has 0 fully saturated rings. The largest absolute Gasteiger partial charge is 0.454 e. The molecule has 0 unspecified atom stereocenters. The molecule has 1 amide bonds. The van der Waals surface area contributed by atoms with Crippen LogP contribution in [0.4, 0.5) is 5.69 Å². The molecule has 0 saturated carbocycles. The van der Waals surface area contributed by atoms with Crippen molar-refractivity contribution in [3.05, 3.63) is 35.7 Å². The second-order valence-electron chi connectivity index (χ2n) is 5.26. The number of anilines is 1. The maximum Gasteiger partial charge on any atom is 0.237 e. The van der Waals surface area contributed by atoms with Crippen LogP contribution in [0.1, 0.15) is 6.92 Å². The molecule has 0 bridgehead atoms. The van der Waals surface area contributed by atoms with Crippen molar-refractivity contribution in [2.75, 3.05) is 12.1 Å². The Kier molecular flexibility index (Phi) is 4.33. The van der Waals surface area contributed by atoms with Crippen molar-refractivity contribution in [1.29, 1.82) is 0 Å². The van der Waals surface area contributed by atoms with Crippen LogP contribution in [0.15, 0.2) is 40.9 Å². The van der Waals surface area contributed by atoms with Gasteiger partial charge in [0.1, 0.15) is 0 Å². The van der Waals surface area contributed by atoms with Crippen LogP contribution in [0.25, 0.3) is 10.7 Å². The lowest BCUT2D eigenvalue weighted by molar-refractivity contribution is -0.115. The van der Waals surface area contributed by atoms with Crippen molar-refractivity contribution in [2.24, 2.45) is 0 Å². The third kappa shape index (κ3) is 3.47. The van der Waals surface area contributed by atoms with Gasteiger partial charge in [0, 0.05) is 11.8 Å². The molecule has 4 rings (SSSR count). The Labute approximate surface area is 151 Å². The molecule has 1 atom stereocenters. The predicted octanol–water partition coefficient (Wildman–Crippen LogP) is 3.38. The molecule has 3 heterocycles. The van der Waals surface area contributed by atoms with Crippen molar-refractivity contribution in [2.45, 2.75) is 17.3 Å². The topological polar surface area (TPSA) is 89.1 Å². The quantitative estimate of drug-likeness (QED) is 0.666. The molecule has 3 aromatic rings. The predicted molar refractivity (Wildman–Crippen MR) is 96.2 cm³/mol. The number of hydrogen-bond donors (Lipinski definition) is 2. The zero-order valence-electron chi connectivity index (χ0n) is 13.2. The highest BCUT2D eigenvalue weighted by molar-refractivity contribution is 8.00. The number of aromatic amines is 1. The number of amides is 1. The molecule has 0 spiro atoms. The van der Waals surface area contributed by atoms with Crippen LogP contribution in [-0.2, 0) is 4.79 Å². The number of fused-ring (bicyclic) bond motifs is 1. The normalized spacial score (nSPS) is 13.6. The number of nitrogens with one attached hydrogen (secondary N) is 2. The molecule has 2 N–H and O–H groups in total. The van der Waals surface area contributed by atoms with E-state index >= 15 is 0 Å². The molecule has 0 aliphatic carbocycles. The molecular formula is C16H14N4O3S2. The summed E-state index contributed by atoms with van der Waals surface area (Å²) in [5.74, 6) is 1.89. The molecule has 128 valence electrons. The van der Waals surface area contributed by atoms with Gasteiger partial charge in [0.15, 0.2) is 17.3 Å². The van der Waals surface area contributed by atoms with Gasteiger partial charge in [0.25, 0.3) is 0 Å². The zero-order valence-corrected chi connectivity index (χ0v) is 14.8. The monoisotopic (exact) mass is 374 g/mol. The Balaban J connectivity index is 1.39. The number of H-pyrrole nitrogens is 1. The summed E-state index contributed by atoms with van der Waals surface area (Å²) >= 11 is 2.88. The van der Waals surface area contributed by atoms with Gasteiger partial charge in [-0.25, -0.2) is 4.98 Å². The van der Waals surface area contributed by atoms with E-state index < -0.39 is 0 Å². The third-order valence-electron chi connectivity index (χ3n) is 3.51. The lowest BCUT2D eigenvalue weighted by Crippen LogP contribution is -2.22. The molecule has 1 aromatic carbocycles. The number of thioether (sulfide) groups is 1. The van der Waals surface area contributed by atoms with E-state index in [2.05, 4.69) is 20.5 Å². The summed E-state index contributed by atoms with van der Waals surface area (Å²) in [6.07, 6.45) is 0. The number of ether oxygens (including phenoxy) is 2. The van der Waals surface area contributed by atoms with E-state index in [0.29, 0.717) is 28.2 Å². The maximum atomic E-state index is 12.4. The number of carbonyl (C=O) groups excluding carboxylic acids is 1. The minimum absolute atomic E-state index is 0.133. The zero-order chi connectivity index (χ0) is 17.2. The maximum absolute atomic E-state index is 12.4. The van der Waals surface area contributed by atoms with Gasteiger partial charge >= 0.3 is 0 Å². The fourth-order valence-electron chi connectivity index (χ4n) is 2.25. The van der Waals surface area contributed by atoms with Crippen molar-refractivity contribution < 1.29 is 14.3 Å². The second kappa shape index (κ2) is 6.77. The van der Waals surface area contributed by atoms with E-state index in [-0.39, 0.29) is 18.0 Å². The van der Waals surface area contributed by atoms with E-state index in [1.165, 1.54) is 11.8 Å². The van der Waals surface area contributed by atoms with E-state index in [9.17, 15) is 4.79 Å². The van der Waals surface area contributed by atoms with Crippen LogP contribution in [-0.4, -0.2) is 33.1 Å². The summed E-state index contributed by atoms with van der Waals surface area (Å²) in [6.45, 7) is 2.02. The van der Waals surface area contributed by atoms with E-state index in [4.69, 9.17) is 9.47 Å². The van der Waals surface area contributed by atoms with Crippen molar-refractivity contribution in [1.82, 2.24) is 15.2 Å². The molecule has 25 heavy (non-hydrogen) atoms. The summed E-state index contributed by atoms with van der Waals surface area (Å²) in [4.78, 5) is 17.8. The minimum atomic E-state index is -0.350. The van der Waals surface area contributed by atoms with E-state index in [1.807, 2.05) is 24.4 Å². The van der Waals surface area contributed by atoms with Gasteiger partial charge in [-0.3, -0.25) is 9.89 Å².